The van der Waals surface area contributed by atoms with E-state index in [0.717, 1.165) is 69.0 Å². The Morgan fingerprint density at radius 3 is 2.39 bits per heavy atom. The molecule has 7 heteroatoms. The molecule has 4 heterocycles. The molecule has 36 heavy (non-hydrogen) atoms. The van der Waals surface area contributed by atoms with E-state index < -0.39 is 0 Å². The highest BCUT2D eigenvalue weighted by Gasteiger charge is 2.52. The molecule has 2 aliphatic carbocycles. The minimum absolute atomic E-state index is 0.182. The third kappa shape index (κ3) is 4.99. The largest absolute Gasteiger partial charge is 0.379 e. The molecule has 0 amide bonds. The molecular weight excluding hydrogens is 448 g/mol. The molecule has 0 aromatic heterocycles. The Morgan fingerprint density at radius 1 is 0.833 bits per heavy atom. The molecule has 4 aliphatic heterocycles. The van der Waals surface area contributed by atoms with Gasteiger partial charge in [-0.3, -0.25) is 15.8 Å². The molecule has 6 fully saturated rings. The summed E-state index contributed by atoms with van der Waals surface area (Å²) >= 11 is 0. The average Bonchev–Trinajstić information content (AvgIpc) is 3.38. The molecule has 4 saturated heterocycles. The number of piperidine rings is 2. The molecule has 202 valence electrons. The van der Waals surface area contributed by atoms with Gasteiger partial charge in [0.25, 0.3) is 0 Å². The second kappa shape index (κ2) is 10.8. The van der Waals surface area contributed by atoms with Crippen LogP contribution in [0.2, 0.25) is 0 Å². The fourth-order valence-electron chi connectivity index (χ4n) is 9.28. The van der Waals surface area contributed by atoms with Crippen LogP contribution < -0.4 is 21.5 Å². The summed E-state index contributed by atoms with van der Waals surface area (Å²) in [6, 6.07) is 5.14. The van der Waals surface area contributed by atoms with Gasteiger partial charge in [-0.2, -0.15) is 5.26 Å². The third-order valence-electron chi connectivity index (χ3n) is 11.5. The number of fused-ring (bicyclic) bond motifs is 3. The van der Waals surface area contributed by atoms with E-state index in [2.05, 4.69) is 46.3 Å². The summed E-state index contributed by atoms with van der Waals surface area (Å²) in [5.41, 5.74) is 7.39. The standard InChI is InChI=1S/C29H50N6O/c1-29(2,18-30)22-6-3-19(4-7-22)28-27-24-14-20(5-8-25(24)32-17-26(27)33-34-28)21-13-23(16-31-15-21)35-9-11-36-12-10-35/h19-28,31-34H,3-17H2,1-2H3. The first kappa shape index (κ1) is 25.5. The van der Waals surface area contributed by atoms with Crippen molar-refractivity contribution in [3.63, 3.8) is 0 Å². The van der Waals surface area contributed by atoms with Gasteiger partial charge in [-0.05, 0) is 107 Å². The Hall–Kier alpha value is -0.750. The summed E-state index contributed by atoms with van der Waals surface area (Å²) in [4.78, 5) is 2.69. The molecule has 7 nitrogen and oxygen atoms in total. The van der Waals surface area contributed by atoms with E-state index in [0.29, 0.717) is 30.1 Å². The molecule has 0 aromatic rings. The zero-order chi connectivity index (χ0) is 24.7. The second-order valence-electron chi connectivity index (χ2n) is 13.7. The zero-order valence-electron chi connectivity index (χ0n) is 22.7. The lowest BCUT2D eigenvalue weighted by atomic mass is 9.60. The fraction of sp³-hybridized carbons (Fsp3) is 0.966. The minimum Gasteiger partial charge on any atom is -0.379 e. The third-order valence-corrected chi connectivity index (χ3v) is 11.5. The lowest BCUT2D eigenvalue weighted by Crippen LogP contribution is -2.59. The van der Waals surface area contributed by atoms with Crippen LogP contribution in [0.5, 0.6) is 0 Å². The minimum atomic E-state index is -0.182. The van der Waals surface area contributed by atoms with Crippen LogP contribution in [0, 0.1) is 52.3 Å². The van der Waals surface area contributed by atoms with E-state index in [9.17, 15) is 5.26 Å². The van der Waals surface area contributed by atoms with E-state index in [1.807, 2.05) is 0 Å². The second-order valence-corrected chi connectivity index (χ2v) is 13.7. The van der Waals surface area contributed by atoms with Crippen molar-refractivity contribution < 1.29 is 4.74 Å². The zero-order valence-corrected chi connectivity index (χ0v) is 22.7. The highest BCUT2D eigenvalue weighted by molar-refractivity contribution is 5.08. The lowest BCUT2D eigenvalue weighted by Gasteiger charge is -2.50. The van der Waals surface area contributed by atoms with Crippen LogP contribution >= 0.6 is 0 Å². The lowest BCUT2D eigenvalue weighted by molar-refractivity contribution is -0.00461. The van der Waals surface area contributed by atoms with E-state index in [-0.39, 0.29) is 5.41 Å². The van der Waals surface area contributed by atoms with Crippen LogP contribution in [0.15, 0.2) is 0 Å². The van der Waals surface area contributed by atoms with Gasteiger partial charge in [-0.1, -0.05) is 0 Å². The predicted octanol–water partition coefficient (Wildman–Crippen LogP) is 2.50. The van der Waals surface area contributed by atoms with Gasteiger partial charge in [0.1, 0.15) is 0 Å². The van der Waals surface area contributed by atoms with Crippen molar-refractivity contribution in [1.29, 1.82) is 5.26 Å². The van der Waals surface area contributed by atoms with E-state index in [1.165, 1.54) is 57.9 Å². The first-order chi connectivity index (χ1) is 17.5. The monoisotopic (exact) mass is 498 g/mol. The number of ether oxygens (including phenoxy) is 1. The number of nitrogens with one attached hydrogen (secondary N) is 4. The van der Waals surface area contributed by atoms with Gasteiger partial charge in [-0.15, -0.1) is 0 Å². The molecule has 0 aromatic carbocycles. The van der Waals surface area contributed by atoms with Crippen molar-refractivity contribution in [2.45, 2.75) is 89.4 Å². The number of hydrogen-bond donors (Lipinski definition) is 4. The number of morpholine rings is 1. The highest BCUT2D eigenvalue weighted by atomic mass is 16.5. The maximum atomic E-state index is 9.64. The average molecular weight is 499 g/mol. The maximum Gasteiger partial charge on any atom is 0.0686 e. The topological polar surface area (TPSA) is 84.4 Å². The van der Waals surface area contributed by atoms with Crippen molar-refractivity contribution in [3.05, 3.63) is 0 Å². The van der Waals surface area contributed by atoms with Gasteiger partial charge in [0, 0.05) is 50.3 Å². The Labute approximate surface area is 218 Å². The summed E-state index contributed by atoms with van der Waals surface area (Å²) in [7, 11) is 0. The summed E-state index contributed by atoms with van der Waals surface area (Å²) in [5, 5.41) is 17.4. The molecular formula is C29H50N6O. The number of hydrogen-bond acceptors (Lipinski definition) is 7. The van der Waals surface area contributed by atoms with Crippen LogP contribution in [-0.2, 0) is 4.74 Å². The molecule has 0 radical (unpaired) electrons. The summed E-state index contributed by atoms with van der Waals surface area (Å²) < 4.78 is 5.63. The normalized spacial score (nSPS) is 46.5. The maximum absolute atomic E-state index is 9.64. The Bertz CT molecular complexity index is 785. The Balaban J connectivity index is 1.10. The SMILES string of the molecule is CC(C)(C#N)C1CCC(C2NNC3CNC4CCC(C5CNCC(N6CCOCC6)C5)CC4C32)CC1. The summed E-state index contributed by atoms with van der Waals surface area (Å²) in [6.45, 7) is 11.8. The molecule has 4 N–H and O–H groups in total. The van der Waals surface area contributed by atoms with Crippen molar-refractivity contribution in [1.82, 2.24) is 26.4 Å². The van der Waals surface area contributed by atoms with Crippen molar-refractivity contribution >= 4 is 0 Å². The van der Waals surface area contributed by atoms with Crippen LogP contribution in [0.4, 0.5) is 0 Å². The van der Waals surface area contributed by atoms with E-state index in [4.69, 9.17) is 4.74 Å². The smallest absolute Gasteiger partial charge is 0.0686 e. The molecule has 6 aliphatic rings. The first-order valence-electron chi connectivity index (χ1n) is 15.2. The van der Waals surface area contributed by atoms with Crippen LogP contribution in [0.25, 0.3) is 0 Å². The van der Waals surface area contributed by atoms with Gasteiger partial charge in [0.15, 0.2) is 0 Å². The first-order valence-corrected chi connectivity index (χ1v) is 15.2. The molecule has 0 spiro atoms. The van der Waals surface area contributed by atoms with E-state index in [1.54, 1.807) is 0 Å². The molecule has 6 rings (SSSR count). The van der Waals surface area contributed by atoms with Crippen LogP contribution in [0.1, 0.15) is 65.2 Å². The van der Waals surface area contributed by atoms with Crippen LogP contribution in [-0.4, -0.2) is 75.0 Å². The van der Waals surface area contributed by atoms with Gasteiger partial charge < -0.3 is 15.4 Å². The van der Waals surface area contributed by atoms with Crippen molar-refractivity contribution in [2.75, 3.05) is 45.9 Å². The fourth-order valence-corrected chi connectivity index (χ4v) is 9.28. The number of hydrazine groups is 1. The molecule has 8 atom stereocenters. The quantitative estimate of drug-likeness (QED) is 0.474. The molecule has 2 saturated carbocycles. The number of nitriles is 1. The highest BCUT2D eigenvalue weighted by Crippen LogP contribution is 2.48. The number of nitrogens with zero attached hydrogens (tertiary/aromatic N) is 2. The number of rotatable bonds is 4. The van der Waals surface area contributed by atoms with Gasteiger partial charge in [-0.25, -0.2) is 0 Å². The Morgan fingerprint density at radius 2 is 1.61 bits per heavy atom. The predicted molar refractivity (Wildman–Crippen MR) is 142 cm³/mol. The van der Waals surface area contributed by atoms with Gasteiger partial charge in [0.05, 0.1) is 24.7 Å². The summed E-state index contributed by atoms with van der Waals surface area (Å²) in [6.07, 6.45) is 10.5. The molecule has 8 unspecified atom stereocenters. The van der Waals surface area contributed by atoms with Gasteiger partial charge in [0.2, 0.25) is 0 Å². The van der Waals surface area contributed by atoms with Gasteiger partial charge >= 0.3 is 0 Å². The summed E-state index contributed by atoms with van der Waals surface area (Å²) in [5.74, 6) is 4.51. The van der Waals surface area contributed by atoms with E-state index >= 15 is 0 Å². The van der Waals surface area contributed by atoms with Crippen LogP contribution in [0.3, 0.4) is 0 Å². The molecule has 0 bridgehead atoms. The van der Waals surface area contributed by atoms with Crippen molar-refractivity contribution in [3.8, 4) is 6.07 Å². The van der Waals surface area contributed by atoms with Crippen molar-refractivity contribution in [2.24, 2.45) is 40.9 Å². The Kier molecular flexibility index (Phi) is 7.65.